The highest BCUT2D eigenvalue weighted by Crippen LogP contribution is 2.47. The van der Waals surface area contributed by atoms with Gasteiger partial charge in [0.25, 0.3) is 5.78 Å². The first-order chi connectivity index (χ1) is 21.8. The molecule has 6 rings (SSSR count). The van der Waals surface area contributed by atoms with Crippen LogP contribution in [0.15, 0.2) is 60.2 Å². The Balaban J connectivity index is 1.50. The van der Waals surface area contributed by atoms with E-state index >= 15 is 0 Å². The zero-order valence-electron chi connectivity index (χ0n) is 25.5. The fourth-order valence-electron chi connectivity index (χ4n) is 5.30. The number of aliphatic hydroxyl groups excluding tert-OH is 1. The zero-order valence-corrected chi connectivity index (χ0v) is 26.3. The summed E-state index contributed by atoms with van der Waals surface area (Å²) >= 11 is 1.25. The third-order valence-corrected chi connectivity index (χ3v) is 8.60. The topological polar surface area (TPSA) is 117 Å². The van der Waals surface area contributed by atoms with Crippen molar-refractivity contribution >= 4 is 44.1 Å². The van der Waals surface area contributed by atoms with Gasteiger partial charge in [0, 0.05) is 5.56 Å². The van der Waals surface area contributed by atoms with Crippen molar-refractivity contribution in [3.8, 4) is 28.7 Å². The van der Waals surface area contributed by atoms with Crippen LogP contribution in [-0.4, -0.2) is 55.3 Å². The Morgan fingerprint density at radius 1 is 1.02 bits per heavy atom. The van der Waals surface area contributed by atoms with Gasteiger partial charge in [-0.05, 0) is 73.4 Å². The van der Waals surface area contributed by atoms with Crippen LogP contribution in [0.3, 0.4) is 0 Å². The molecule has 4 aromatic rings. The van der Waals surface area contributed by atoms with Gasteiger partial charge < -0.3 is 28.8 Å². The Labute approximate surface area is 264 Å². The summed E-state index contributed by atoms with van der Waals surface area (Å²) in [6.45, 7) is 7.77. The van der Waals surface area contributed by atoms with E-state index in [1.807, 2.05) is 13.0 Å². The average Bonchev–Trinajstić information content (AvgIpc) is 3.58. The van der Waals surface area contributed by atoms with Crippen molar-refractivity contribution in [1.29, 1.82) is 0 Å². The average molecular weight is 631 g/mol. The fraction of sp³-hybridized carbons (Fsp3) is 0.324. The molecule has 1 N–H and O–H groups in total. The smallest absolute Gasteiger partial charge is 0.301 e. The van der Waals surface area contributed by atoms with Gasteiger partial charge in [-0.25, -0.2) is 4.98 Å². The van der Waals surface area contributed by atoms with E-state index in [9.17, 15) is 14.7 Å². The summed E-state index contributed by atoms with van der Waals surface area (Å²) in [5, 5.41) is 12.0. The van der Waals surface area contributed by atoms with Crippen LogP contribution in [0.2, 0.25) is 0 Å². The lowest BCUT2D eigenvalue weighted by atomic mass is 9.95. The zero-order chi connectivity index (χ0) is 31.7. The van der Waals surface area contributed by atoms with Gasteiger partial charge in [-0.3, -0.25) is 14.5 Å². The normalized spacial score (nSPS) is 17.3. The van der Waals surface area contributed by atoms with Crippen molar-refractivity contribution in [3.05, 3.63) is 71.3 Å². The largest absolute Gasteiger partial charge is 0.507 e. The lowest BCUT2D eigenvalue weighted by molar-refractivity contribution is -0.132. The number of hydrogen-bond donors (Lipinski definition) is 1. The first-order valence-corrected chi connectivity index (χ1v) is 15.7. The summed E-state index contributed by atoms with van der Waals surface area (Å²) in [5.74, 6) is 1.13. The SMILES string of the molecule is CCOc1cc([C@H]2/C(=C(\O)c3ccc4c(c3)OCCO4)C(=O)C(=O)N2c2nc3ccc(OC)cc3s2)ccc1OCCC(C)C. The molecule has 2 aliphatic rings. The molecule has 0 aliphatic carbocycles. The van der Waals surface area contributed by atoms with E-state index in [4.69, 9.17) is 28.7 Å². The molecule has 1 fully saturated rings. The van der Waals surface area contributed by atoms with E-state index in [-0.39, 0.29) is 11.3 Å². The number of rotatable bonds is 10. The maximum absolute atomic E-state index is 13.8. The van der Waals surface area contributed by atoms with E-state index in [1.165, 1.54) is 16.2 Å². The number of Topliss-reactive ketones (excluding diaryl/α,β-unsaturated/α-hetero) is 1. The molecule has 0 unspecified atom stereocenters. The number of nitrogens with zero attached hydrogens (tertiary/aromatic N) is 2. The Bertz CT molecular complexity index is 1800. The number of hydrogen-bond acceptors (Lipinski definition) is 10. The maximum Gasteiger partial charge on any atom is 0.301 e. The third-order valence-electron chi connectivity index (χ3n) is 7.59. The van der Waals surface area contributed by atoms with Gasteiger partial charge in [0.15, 0.2) is 28.1 Å². The van der Waals surface area contributed by atoms with Gasteiger partial charge in [-0.1, -0.05) is 31.3 Å². The molecule has 0 bridgehead atoms. The second kappa shape index (κ2) is 12.7. The molecule has 0 radical (unpaired) electrons. The molecule has 3 heterocycles. The number of anilines is 1. The van der Waals surface area contributed by atoms with Crippen molar-refractivity contribution in [2.24, 2.45) is 5.92 Å². The molecular formula is C34H34N2O8S. The molecule has 1 atom stereocenters. The summed E-state index contributed by atoms with van der Waals surface area (Å²) in [6, 6.07) is 14.6. The van der Waals surface area contributed by atoms with E-state index in [1.54, 1.807) is 55.6 Å². The molecule has 10 nitrogen and oxygen atoms in total. The number of methoxy groups -OCH3 is 1. The van der Waals surface area contributed by atoms with Crippen molar-refractivity contribution in [2.75, 3.05) is 38.4 Å². The van der Waals surface area contributed by atoms with Crippen LogP contribution in [-0.2, 0) is 9.59 Å². The molecule has 3 aromatic carbocycles. The number of fused-ring (bicyclic) bond motifs is 2. The van der Waals surface area contributed by atoms with Gasteiger partial charge >= 0.3 is 5.91 Å². The minimum Gasteiger partial charge on any atom is -0.507 e. The van der Waals surface area contributed by atoms with Crippen LogP contribution < -0.4 is 28.6 Å². The number of aromatic nitrogens is 1. The highest BCUT2D eigenvalue weighted by Gasteiger charge is 2.48. The predicted molar refractivity (Wildman–Crippen MR) is 171 cm³/mol. The number of aliphatic hydroxyl groups is 1. The first kappa shape index (κ1) is 30.3. The van der Waals surface area contributed by atoms with Crippen LogP contribution >= 0.6 is 11.3 Å². The molecule has 11 heteroatoms. The Morgan fingerprint density at radius 2 is 1.82 bits per heavy atom. The highest BCUT2D eigenvalue weighted by atomic mass is 32.1. The number of amides is 1. The molecule has 2 aliphatic heterocycles. The van der Waals surface area contributed by atoms with Gasteiger partial charge in [0.2, 0.25) is 0 Å². The molecular weight excluding hydrogens is 596 g/mol. The molecule has 0 saturated carbocycles. The van der Waals surface area contributed by atoms with Gasteiger partial charge in [0.1, 0.15) is 24.7 Å². The number of thiazole rings is 1. The fourth-order valence-corrected chi connectivity index (χ4v) is 6.32. The van der Waals surface area contributed by atoms with Gasteiger partial charge in [-0.15, -0.1) is 0 Å². The van der Waals surface area contributed by atoms with Crippen molar-refractivity contribution in [2.45, 2.75) is 33.2 Å². The van der Waals surface area contributed by atoms with E-state index in [2.05, 4.69) is 13.8 Å². The monoisotopic (exact) mass is 630 g/mol. The van der Waals surface area contributed by atoms with Crippen LogP contribution in [0.5, 0.6) is 28.7 Å². The molecule has 234 valence electrons. The first-order valence-electron chi connectivity index (χ1n) is 14.8. The van der Waals surface area contributed by atoms with E-state index in [0.29, 0.717) is 82.9 Å². The third kappa shape index (κ3) is 5.87. The van der Waals surface area contributed by atoms with Crippen molar-refractivity contribution in [1.82, 2.24) is 4.98 Å². The molecule has 45 heavy (non-hydrogen) atoms. The summed E-state index contributed by atoms with van der Waals surface area (Å²) < 4.78 is 29.5. The van der Waals surface area contributed by atoms with Gasteiger partial charge in [-0.2, -0.15) is 0 Å². The van der Waals surface area contributed by atoms with Crippen LogP contribution in [0, 0.1) is 5.92 Å². The number of ether oxygens (including phenoxy) is 5. The molecule has 1 amide bonds. The second-order valence-electron chi connectivity index (χ2n) is 11.0. The Hall–Kier alpha value is -4.77. The lowest BCUT2D eigenvalue weighted by Gasteiger charge is -2.24. The molecule has 1 saturated heterocycles. The minimum absolute atomic E-state index is 0.0792. The Morgan fingerprint density at radius 3 is 2.58 bits per heavy atom. The number of carbonyl (C=O) groups excluding carboxylic acids is 2. The van der Waals surface area contributed by atoms with Crippen LogP contribution in [0.25, 0.3) is 16.0 Å². The minimum atomic E-state index is -1.01. The van der Waals surface area contributed by atoms with Crippen LogP contribution in [0.1, 0.15) is 44.4 Å². The van der Waals surface area contributed by atoms with E-state index < -0.39 is 17.7 Å². The quantitative estimate of drug-likeness (QED) is 0.119. The Kier molecular flexibility index (Phi) is 8.53. The molecule has 1 aromatic heterocycles. The predicted octanol–water partition coefficient (Wildman–Crippen LogP) is 6.53. The highest BCUT2D eigenvalue weighted by molar-refractivity contribution is 7.22. The summed E-state index contributed by atoms with van der Waals surface area (Å²) in [7, 11) is 1.58. The van der Waals surface area contributed by atoms with Gasteiger partial charge in [0.05, 0.1) is 42.2 Å². The van der Waals surface area contributed by atoms with Crippen LogP contribution in [0.4, 0.5) is 5.13 Å². The maximum atomic E-state index is 13.8. The summed E-state index contributed by atoms with van der Waals surface area (Å²) in [6.07, 6.45) is 0.866. The van der Waals surface area contributed by atoms with E-state index in [0.717, 1.165) is 11.1 Å². The molecule has 0 spiro atoms. The standard InChI is InChI=1S/C34H34N2O8S/c1-5-41-26-16-20(6-10-24(26)42-13-12-19(2)3)30-29(31(37)21-7-11-25-27(17-21)44-15-14-43-25)32(38)33(39)36(30)34-35-23-9-8-22(40-4)18-28(23)45-34/h6-11,16-19,30,37H,5,12-15H2,1-4H3/b31-29+/t30-/m0/s1. The van der Waals surface area contributed by atoms with Crippen molar-refractivity contribution < 1.29 is 38.4 Å². The summed E-state index contributed by atoms with van der Waals surface area (Å²) in [4.78, 5) is 33.7. The van der Waals surface area contributed by atoms with Crippen molar-refractivity contribution in [3.63, 3.8) is 0 Å². The number of ketones is 1. The lowest BCUT2D eigenvalue weighted by Crippen LogP contribution is -2.29. The number of benzene rings is 3. The number of carbonyl (C=O) groups is 2. The second-order valence-corrected chi connectivity index (χ2v) is 12.0. The summed E-state index contributed by atoms with van der Waals surface area (Å²) in [5.41, 5.74) is 1.43.